The molecule has 2 heterocycles. The van der Waals surface area contributed by atoms with Gasteiger partial charge >= 0.3 is 0 Å². The van der Waals surface area contributed by atoms with E-state index in [9.17, 15) is 18.4 Å². The summed E-state index contributed by atoms with van der Waals surface area (Å²) in [5.41, 5.74) is 1.88. The van der Waals surface area contributed by atoms with Crippen molar-refractivity contribution >= 4 is 11.8 Å². The highest BCUT2D eigenvalue weighted by molar-refractivity contribution is 5.80. The molecule has 2 aromatic rings. The zero-order chi connectivity index (χ0) is 22.7. The van der Waals surface area contributed by atoms with Crippen LogP contribution in [0.2, 0.25) is 0 Å². The van der Waals surface area contributed by atoms with Crippen molar-refractivity contribution < 1.29 is 18.4 Å². The van der Waals surface area contributed by atoms with E-state index in [4.69, 9.17) is 0 Å². The maximum Gasteiger partial charge on any atom is 0.225 e. The first-order valence-corrected chi connectivity index (χ1v) is 11.2. The highest BCUT2D eigenvalue weighted by atomic mass is 19.1. The van der Waals surface area contributed by atoms with Crippen LogP contribution in [0.5, 0.6) is 0 Å². The number of piperazine rings is 1. The van der Waals surface area contributed by atoms with E-state index in [1.165, 1.54) is 24.3 Å². The van der Waals surface area contributed by atoms with Gasteiger partial charge in [-0.05, 0) is 48.2 Å². The monoisotopic (exact) mass is 441 g/mol. The summed E-state index contributed by atoms with van der Waals surface area (Å²) in [7, 11) is 0. The van der Waals surface area contributed by atoms with Crippen LogP contribution in [0.1, 0.15) is 36.9 Å². The highest BCUT2D eigenvalue weighted by Gasteiger charge is 2.33. The van der Waals surface area contributed by atoms with Crippen molar-refractivity contribution in [1.29, 1.82) is 0 Å². The molecular weight excluding hydrogens is 412 g/mol. The van der Waals surface area contributed by atoms with Crippen LogP contribution in [0.25, 0.3) is 0 Å². The number of hydrogen-bond acceptors (Lipinski definition) is 3. The van der Waals surface area contributed by atoms with Gasteiger partial charge in [0.15, 0.2) is 0 Å². The van der Waals surface area contributed by atoms with Gasteiger partial charge in [-0.2, -0.15) is 0 Å². The predicted molar refractivity (Wildman–Crippen MR) is 118 cm³/mol. The van der Waals surface area contributed by atoms with Crippen LogP contribution >= 0.6 is 0 Å². The first kappa shape index (κ1) is 22.4. The van der Waals surface area contributed by atoms with Gasteiger partial charge in [-0.25, -0.2) is 8.78 Å². The molecule has 2 aliphatic rings. The molecule has 2 aliphatic heterocycles. The van der Waals surface area contributed by atoms with E-state index in [-0.39, 0.29) is 35.4 Å². The van der Waals surface area contributed by atoms with Crippen LogP contribution in [0.15, 0.2) is 48.5 Å². The van der Waals surface area contributed by atoms with Gasteiger partial charge in [0.05, 0.1) is 6.04 Å². The lowest BCUT2D eigenvalue weighted by Gasteiger charge is -2.41. The number of rotatable bonds is 4. The third-order valence-electron chi connectivity index (χ3n) is 6.65. The molecule has 32 heavy (non-hydrogen) atoms. The number of hydrogen-bond donors (Lipinski definition) is 0. The molecule has 0 aromatic heterocycles. The predicted octanol–water partition coefficient (Wildman–Crippen LogP) is 3.46. The number of carbonyl (C=O) groups excluding carboxylic acids is 2. The Morgan fingerprint density at radius 3 is 1.66 bits per heavy atom. The van der Waals surface area contributed by atoms with E-state index in [1.54, 1.807) is 36.1 Å². The summed E-state index contributed by atoms with van der Waals surface area (Å²) in [5, 5.41) is 0. The maximum atomic E-state index is 13.5. The maximum absolute atomic E-state index is 13.5. The Morgan fingerprint density at radius 1 is 0.750 bits per heavy atom. The molecular formula is C25H29F2N3O2. The van der Waals surface area contributed by atoms with Crippen molar-refractivity contribution in [2.75, 3.05) is 39.3 Å². The summed E-state index contributed by atoms with van der Waals surface area (Å²) >= 11 is 0. The van der Waals surface area contributed by atoms with Crippen molar-refractivity contribution in [1.82, 2.24) is 14.7 Å². The molecule has 0 bridgehead atoms. The minimum atomic E-state index is -0.294. The fraction of sp³-hybridized carbons (Fsp3) is 0.440. The number of piperidine rings is 1. The Labute approximate surface area is 187 Å². The topological polar surface area (TPSA) is 43.9 Å². The lowest BCUT2D eigenvalue weighted by Crippen LogP contribution is -2.52. The smallest absolute Gasteiger partial charge is 0.225 e. The number of halogens is 2. The second-order valence-electron chi connectivity index (χ2n) is 8.65. The zero-order valence-electron chi connectivity index (χ0n) is 18.3. The van der Waals surface area contributed by atoms with Gasteiger partial charge in [-0.3, -0.25) is 14.5 Å². The number of carbonyl (C=O) groups is 2. The molecule has 0 aliphatic carbocycles. The average Bonchev–Trinajstić information content (AvgIpc) is 2.82. The van der Waals surface area contributed by atoms with Crippen LogP contribution in [0, 0.1) is 17.6 Å². The Bertz CT molecular complexity index is 887. The Kier molecular flexibility index (Phi) is 6.84. The normalized spacial score (nSPS) is 18.2. The summed E-state index contributed by atoms with van der Waals surface area (Å²) in [6.07, 6.45) is 1.43. The van der Waals surface area contributed by atoms with Crippen molar-refractivity contribution in [3.63, 3.8) is 0 Å². The minimum Gasteiger partial charge on any atom is -0.343 e. The Balaban J connectivity index is 1.43. The van der Waals surface area contributed by atoms with Gasteiger partial charge in [0, 0.05) is 52.1 Å². The molecule has 0 N–H and O–H groups in total. The van der Waals surface area contributed by atoms with E-state index in [0.717, 1.165) is 11.1 Å². The quantitative estimate of drug-likeness (QED) is 0.730. The summed E-state index contributed by atoms with van der Waals surface area (Å²) in [6.45, 7) is 5.44. The molecule has 170 valence electrons. The fourth-order valence-electron chi connectivity index (χ4n) is 4.80. The second-order valence-corrected chi connectivity index (χ2v) is 8.65. The molecule has 0 atom stereocenters. The van der Waals surface area contributed by atoms with Crippen molar-refractivity contribution in [3.8, 4) is 0 Å². The van der Waals surface area contributed by atoms with E-state index in [2.05, 4.69) is 4.90 Å². The van der Waals surface area contributed by atoms with Gasteiger partial charge in [-0.1, -0.05) is 24.3 Å². The van der Waals surface area contributed by atoms with Gasteiger partial charge < -0.3 is 9.80 Å². The van der Waals surface area contributed by atoms with Crippen LogP contribution in [0.4, 0.5) is 8.78 Å². The zero-order valence-corrected chi connectivity index (χ0v) is 18.3. The summed E-state index contributed by atoms with van der Waals surface area (Å²) in [4.78, 5) is 30.6. The van der Waals surface area contributed by atoms with E-state index in [1.807, 2.05) is 4.90 Å². The molecule has 0 saturated carbocycles. The summed E-state index contributed by atoms with van der Waals surface area (Å²) in [6, 6.07) is 12.7. The standard InChI is InChI=1S/C25H29F2N3O2/c1-18(31)28-12-10-21(11-13-28)25(32)30-16-14-29(15-17-30)24(19-2-6-22(26)7-3-19)20-4-8-23(27)9-5-20/h2-9,21,24H,10-17H2,1H3. The molecule has 2 amide bonds. The van der Waals surface area contributed by atoms with Crippen molar-refractivity contribution in [3.05, 3.63) is 71.3 Å². The van der Waals surface area contributed by atoms with Gasteiger partial charge in [0.25, 0.3) is 0 Å². The summed E-state index contributed by atoms with van der Waals surface area (Å²) in [5.74, 6) is -0.372. The van der Waals surface area contributed by atoms with Crippen LogP contribution in [-0.2, 0) is 9.59 Å². The fourth-order valence-corrected chi connectivity index (χ4v) is 4.80. The highest BCUT2D eigenvalue weighted by Crippen LogP contribution is 2.30. The molecule has 4 rings (SSSR count). The number of nitrogens with zero attached hydrogens (tertiary/aromatic N) is 3. The van der Waals surface area contributed by atoms with Crippen LogP contribution in [-0.4, -0.2) is 65.8 Å². The number of likely N-dealkylation sites (tertiary alicyclic amines) is 1. The SMILES string of the molecule is CC(=O)N1CCC(C(=O)N2CCN(C(c3ccc(F)cc3)c3ccc(F)cc3)CC2)CC1. The largest absolute Gasteiger partial charge is 0.343 e. The van der Waals surface area contributed by atoms with Crippen LogP contribution < -0.4 is 0 Å². The average molecular weight is 442 g/mol. The first-order valence-electron chi connectivity index (χ1n) is 11.2. The van der Waals surface area contributed by atoms with E-state index >= 15 is 0 Å². The Hall–Kier alpha value is -2.80. The summed E-state index contributed by atoms with van der Waals surface area (Å²) < 4.78 is 27.0. The lowest BCUT2D eigenvalue weighted by atomic mass is 9.94. The van der Waals surface area contributed by atoms with Gasteiger partial charge in [0.2, 0.25) is 11.8 Å². The molecule has 5 nitrogen and oxygen atoms in total. The van der Waals surface area contributed by atoms with Crippen molar-refractivity contribution in [2.24, 2.45) is 5.92 Å². The Morgan fingerprint density at radius 2 is 1.22 bits per heavy atom. The van der Waals surface area contributed by atoms with Gasteiger partial charge in [0.1, 0.15) is 11.6 Å². The third kappa shape index (κ3) is 4.99. The van der Waals surface area contributed by atoms with Crippen LogP contribution in [0.3, 0.4) is 0 Å². The van der Waals surface area contributed by atoms with E-state index in [0.29, 0.717) is 52.1 Å². The van der Waals surface area contributed by atoms with Crippen molar-refractivity contribution in [2.45, 2.75) is 25.8 Å². The molecule has 0 spiro atoms. The molecule has 0 unspecified atom stereocenters. The number of amides is 2. The lowest BCUT2D eigenvalue weighted by molar-refractivity contribution is -0.141. The molecule has 7 heteroatoms. The second kappa shape index (κ2) is 9.77. The first-order chi connectivity index (χ1) is 15.4. The molecule has 0 radical (unpaired) electrons. The number of benzene rings is 2. The van der Waals surface area contributed by atoms with Gasteiger partial charge in [-0.15, -0.1) is 0 Å². The molecule has 2 fully saturated rings. The molecule has 2 aromatic carbocycles. The minimum absolute atomic E-state index is 0.0258. The van der Waals surface area contributed by atoms with E-state index < -0.39 is 0 Å². The molecule has 2 saturated heterocycles. The third-order valence-corrected chi connectivity index (χ3v) is 6.65.